The van der Waals surface area contributed by atoms with Crippen molar-refractivity contribution in [2.75, 3.05) is 12.3 Å². The molecule has 0 aromatic carbocycles. The SMILES string of the molecule is Nc1nc2c(ncn2[C@H]2O[C@H](CO)[C@H](O)[C@@H]2O)c(=O)[nH]1. The predicted molar refractivity (Wildman–Crippen MR) is 65.6 cm³/mol. The Morgan fingerprint density at radius 1 is 1.45 bits per heavy atom. The topological polar surface area (TPSA) is 160 Å². The van der Waals surface area contributed by atoms with E-state index in [2.05, 4.69) is 15.0 Å². The van der Waals surface area contributed by atoms with Gasteiger partial charge in [0.05, 0.1) is 12.9 Å². The van der Waals surface area contributed by atoms with E-state index in [-0.39, 0.29) is 17.1 Å². The Bertz CT molecular complexity index is 697. The molecular weight excluding hydrogens is 270 g/mol. The zero-order valence-corrected chi connectivity index (χ0v) is 10.2. The fraction of sp³-hybridized carbons (Fsp3) is 0.500. The van der Waals surface area contributed by atoms with Gasteiger partial charge in [0, 0.05) is 0 Å². The number of aliphatic hydroxyl groups excluding tert-OH is 3. The summed E-state index contributed by atoms with van der Waals surface area (Å²) in [6.45, 7) is -0.447. The Morgan fingerprint density at radius 2 is 2.20 bits per heavy atom. The number of imidazole rings is 1. The van der Waals surface area contributed by atoms with Crippen LogP contribution >= 0.6 is 0 Å². The van der Waals surface area contributed by atoms with Crippen LogP contribution in [0.3, 0.4) is 0 Å². The second-order valence-corrected chi connectivity index (χ2v) is 4.50. The summed E-state index contributed by atoms with van der Waals surface area (Å²) in [7, 11) is 0. The largest absolute Gasteiger partial charge is 0.394 e. The molecule has 1 fully saturated rings. The second-order valence-electron chi connectivity index (χ2n) is 4.50. The van der Waals surface area contributed by atoms with Crippen LogP contribution in [0.5, 0.6) is 0 Å². The van der Waals surface area contributed by atoms with Gasteiger partial charge in [-0.15, -0.1) is 0 Å². The van der Waals surface area contributed by atoms with Crippen LogP contribution in [0.2, 0.25) is 0 Å². The van der Waals surface area contributed by atoms with Gasteiger partial charge in [-0.25, -0.2) is 4.98 Å². The fourth-order valence-electron chi connectivity index (χ4n) is 2.24. The van der Waals surface area contributed by atoms with Crippen LogP contribution in [0.4, 0.5) is 5.95 Å². The fourth-order valence-corrected chi connectivity index (χ4v) is 2.24. The number of ether oxygens (including phenoxy) is 1. The lowest BCUT2D eigenvalue weighted by molar-refractivity contribution is -0.0511. The highest BCUT2D eigenvalue weighted by atomic mass is 16.6. The number of nitrogens with one attached hydrogen (secondary N) is 1. The molecule has 0 bridgehead atoms. The number of aromatic nitrogens is 4. The van der Waals surface area contributed by atoms with Crippen LogP contribution in [0.1, 0.15) is 6.23 Å². The number of aliphatic hydroxyl groups is 3. The lowest BCUT2D eigenvalue weighted by Crippen LogP contribution is -2.33. The third kappa shape index (κ3) is 1.78. The van der Waals surface area contributed by atoms with Crippen molar-refractivity contribution in [2.24, 2.45) is 0 Å². The van der Waals surface area contributed by atoms with Crippen LogP contribution in [0.15, 0.2) is 11.1 Å². The molecule has 20 heavy (non-hydrogen) atoms. The lowest BCUT2D eigenvalue weighted by Gasteiger charge is -2.16. The van der Waals surface area contributed by atoms with Crippen LogP contribution in [0.25, 0.3) is 11.2 Å². The molecule has 108 valence electrons. The number of hydrogen-bond donors (Lipinski definition) is 5. The molecular formula is C10H13N5O5. The summed E-state index contributed by atoms with van der Waals surface area (Å²) in [6.07, 6.45) is -3.21. The van der Waals surface area contributed by atoms with Crippen LogP contribution in [0, 0.1) is 0 Å². The molecule has 0 radical (unpaired) electrons. The van der Waals surface area contributed by atoms with E-state index >= 15 is 0 Å². The first-order chi connectivity index (χ1) is 9.52. The zero-order valence-electron chi connectivity index (χ0n) is 10.2. The second kappa shape index (κ2) is 4.52. The van der Waals surface area contributed by atoms with E-state index in [9.17, 15) is 15.0 Å². The van der Waals surface area contributed by atoms with E-state index in [0.29, 0.717) is 0 Å². The summed E-state index contributed by atoms with van der Waals surface area (Å²) in [5.74, 6) is -0.101. The number of H-pyrrole nitrogens is 1. The van der Waals surface area contributed by atoms with Gasteiger partial charge < -0.3 is 25.8 Å². The molecule has 1 saturated heterocycles. The quantitative estimate of drug-likeness (QED) is 0.398. The first kappa shape index (κ1) is 13.0. The number of anilines is 1. The Morgan fingerprint density at radius 3 is 2.85 bits per heavy atom. The zero-order chi connectivity index (χ0) is 14.4. The van der Waals surface area contributed by atoms with E-state index in [1.807, 2.05) is 0 Å². The smallest absolute Gasteiger partial charge is 0.280 e. The van der Waals surface area contributed by atoms with Gasteiger partial charge >= 0.3 is 0 Å². The third-order valence-electron chi connectivity index (χ3n) is 3.24. The van der Waals surface area contributed by atoms with E-state index in [4.69, 9.17) is 15.6 Å². The van der Waals surface area contributed by atoms with E-state index < -0.39 is 36.7 Å². The molecule has 4 atom stereocenters. The summed E-state index contributed by atoms with van der Waals surface area (Å²) < 4.78 is 6.64. The van der Waals surface area contributed by atoms with Crippen molar-refractivity contribution < 1.29 is 20.1 Å². The van der Waals surface area contributed by atoms with Gasteiger partial charge in [0.25, 0.3) is 5.56 Å². The summed E-state index contributed by atoms with van der Waals surface area (Å²) >= 11 is 0. The number of rotatable bonds is 2. The minimum absolute atomic E-state index is 0.0388. The Balaban J connectivity index is 2.09. The molecule has 10 nitrogen and oxygen atoms in total. The van der Waals surface area contributed by atoms with Crippen LogP contribution in [-0.2, 0) is 4.74 Å². The summed E-state index contributed by atoms with van der Waals surface area (Å²) in [5.41, 5.74) is 5.12. The highest BCUT2D eigenvalue weighted by Gasteiger charge is 2.44. The molecule has 1 aliphatic heterocycles. The maximum atomic E-state index is 11.7. The van der Waals surface area contributed by atoms with Gasteiger partial charge in [0.15, 0.2) is 17.4 Å². The lowest BCUT2D eigenvalue weighted by atomic mass is 10.1. The Hall–Kier alpha value is -2.01. The molecule has 0 unspecified atom stereocenters. The average molecular weight is 283 g/mol. The number of nitrogens with zero attached hydrogens (tertiary/aromatic N) is 3. The maximum absolute atomic E-state index is 11.7. The van der Waals surface area contributed by atoms with Crippen LogP contribution < -0.4 is 11.3 Å². The van der Waals surface area contributed by atoms with Gasteiger partial charge in [-0.05, 0) is 0 Å². The molecule has 0 aliphatic carbocycles. The van der Waals surface area contributed by atoms with Gasteiger partial charge in [-0.1, -0.05) is 0 Å². The monoisotopic (exact) mass is 283 g/mol. The minimum atomic E-state index is -1.29. The third-order valence-corrected chi connectivity index (χ3v) is 3.24. The van der Waals surface area contributed by atoms with E-state index in [1.165, 1.54) is 10.9 Å². The maximum Gasteiger partial charge on any atom is 0.280 e. The standard InChI is InChI=1S/C10H13N5O5/c11-10-13-7-4(8(19)14-10)12-2-15(7)9-6(18)5(17)3(1-16)20-9/h2-3,5-6,9,16-18H,1H2,(H3,11,13,14,19)/t3-,5+,6+,9+/m1/s1. The van der Waals surface area contributed by atoms with Gasteiger partial charge in [-0.2, -0.15) is 4.98 Å². The highest BCUT2D eigenvalue weighted by Crippen LogP contribution is 2.30. The Kier molecular flexibility index (Phi) is 2.94. The van der Waals surface area contributed by atoms with Crippen molar-refractivity contribution in [1.29, 1.82) is 0 Å². The number of nitrogen functional groups attached to an aromatic ring is 1. The normalized spacial score (nSPS) is 30.1. The van der Waals surface area contributed by atoms with Crippen molar-refractivity contribution in [1.82, 2.24) is 19.5 Å². The summed E-state index contributed by atoms with van der Waals surface area (Å²) in [5, 5.41) is 28.7. The van der Waals surface area contributed by atoms with Crippen molar-refractivity contribution in [3.05, 3.63) is 16.7 Å². The molecule has 1 aliphatic rings. The number of hydrogen-bond acceptors (Lipinski definition) is 8. The number of fused-ring (bicyclic) bond motifs is 1. The van der Waals surface area contributed by atoms with Gasteiger partial charge in [0.2, 0.25) is 5.95 Å². The molecule has 6 N–H and O–H groups in total. The molecule has 10 heteroatoms. The summed E-state index contributed by atoms with van der Waals surface area (Å²) in [4.78, 5) is 21.8. The van der Waals surface area contributed by atoms with Gasteiger partial charge in [-0.3, -0.25) is 14.3 Å². The molecule has 2 aromatic heterocycles. The van der Waals surface area contributed by atoms with Crippen molar-refractivity contribution in [3.63, 3.8) is 0 Å². The number of aromatic amines is 1. The molecule has 3 heterocycles. The highest BCUT2D eigenvalue weighted by molar-refractivity contribution is 5.70. The molecule has 0 spiro atoms. The van der Waals surface area contributed by atoms with E-state index in [1.54, 1.807) is 0 Å². The first-order valence-corrected chi connectivity index (χ1v) is 5.87. The molecule has 0 amide bonds. The Labute approximate surface area is 111 Å². The van der Waals surface area contributed by atoms with E-state index in [0.717, 1.165) is 0 Å². The molecule has 3 rings (SSSR count). The van der Waals surface area contributed by atoms with Crippen LogP contribution in [-0.4, -0.2) is 59.8 Å². The number of nitrogens with two attached hydrogens (primary N) is 1. The molecule has 0 saturated carbocycles. The minimum Gasteiger partial charge on any atom is -0.394 e. The van der Waals surface area contributed by atoms with Crippen molar-refractivity contribution in [2.45, 2.75) is 24.5 Å². The average Bonchev–Trinajstić information content (AvgIpc) is 2.93. The first-order valence-electron chi connectivity index (χ1n) is 5.87. The van der Waals surface area contributed by atoms with Gasteiger partial charge in [0.1, 0.15) is 18.3 Å². The van der Waals surface area contributed by atoms with Crippen molar-refractivity contribution >= 4 is 17.1 Å². The summed E-state index contributed by atoms with van der Waals surface area (Å²) in [6, 6.07) is 0. The molecule has 2 aromatic rings. The van der Waals surface area contributed by atoms with Crippen molar-refractivity contribution in [3.8, 4) is 0 Å². The predicted octanol–water partition coefficient (Wildman–Crippen LogP) is -2.69.